The van der Waals surface area contributed by atoms with Crippen LogP contribution in [0.5, 0.6) is 0 Å². The van der Waals surface area contributed by atoms with Gasteiger partial charge in [-0.2, -0.15) is 0 Å². The van der Waals surface area contributed by atoms with Gasteiger partial charge in [0.25, 0.3) is 0 Å². The first-order valence-corrected chi connectivity index (χ1v) is 11.2. The van der Waals surface area contributed by atoms with Crippen LogP contribution in [0.3, 0.4) is 0 Å². The number of carbonyl (C=O) groups excluding carboxylic acids is 3. The Hall–Kier alpha value is -3.52. The second-order valence-electron chi connectivity index (χ2n) is 7.80. The van der Waals surface area contributed by atoms with Gasteiger partial charge in [-0.1, -0.05) is 18.2 Å². The largest absolute Gasteiger partial charge is 0.366 e. The summed E-state index contributed by atoms with van der Waals surface area (Å²) in [5.74, 6) is -0.389. The third kappa shape index (κ3) is 4.70. The second-order valence-corrected chi connectivity index (χ2v) is 8.83. The van der Waals surface area contributed by atoms with Gasteiger partial charge in [0, 0.05) is 44.0 Å². The van der Waals surface area contributed by atoms with Crippen LogP contribution >= 0.6 is 11.3 Å². The lowest BCUT2D eigenvalue weighted by Gasteiger charge is -2.17. The zero-order chi connectivity index (χ0) is 22.7. The number of ketones is 1. The number of rotatable bonds is 8. The number of benzene rings is 1. The molecule has 4 rings (SSSR count). The van der Waals surface area contributed by atoms with E-state index >= 15 is 0 Å². The number of carbonyl (C=O) groups is 3. The molecule has 2 aromatic heterocycles. The molecule has 2 N–H and O–H groups in total. The van der Waals surface area contributed by atoms with Crippen molar-refractivity contribution < 1.29 is 14.4 Å². The highest BCUT2D eigenvalue weighted by Gasteiger charge is 2.31. The smallest absolute Gasteiger partial charge is 0.325 e. The van der Waals surface area contributed by atoms with Crippen molar-refractivity contribution >= 4 is 34.1 Å². The standard InChI is InChI=1S/C24H24N4O3S/c1-16-13-21(32-22(16)20(29)9-6-17-3-2-10-26-14-17)28-12-11-27(24(28)31)15-18-4-7-19(8-5-18)23(25)30/h2-5,7-8,10,13-14H,6,9,11-12,15H2,1H3,(H2,25,30). The minimum absolute atomic E-state index is 0.0837. The molecule has 8 heteroatoms. The van der Waals surface area contributed by atoms with E-state index in [1.165, 1.54) is 11.3 Å². The summed E-state index contributed by atoms with van der Waals surface area (Å²) in [6, 6.07) is 12.6. The third-order valence-electron chi connectivity index (χ3n) is 5.49. The van der Waals surface area contributed by atoms with Crippen molar-refractivity contribution in [2.24, 2.45) is 5.73 Å². The summed E-state index contributed by atoms with van der Waals surface area (Å²) in [5.41, 5.74) is 8.58. The molecule has 7 nitrogen and oxygen atoms in total. The van der Waals surface area contributed by atoms with Gasteiger partial charge in [0.15, 0.2) is 5.78 Å². The van der Waals surface area contributed by atoms with Crippen molar-refractivity contribution in [3.8, 4) is 0 Å². The maximum absolute atomic E-state index is 13.0. The molecular weight excluding hydrogens is 424 g/mol. The highest BCUT2D eigenvalue weighted by atomic mass is 32.1. The fourth-order valence-corrected chi connectivity index (χ4v) is 4.88. The molecule has 0 radical (unpaired) electrons. The number of nitrogens with zero attached hydrogens (tertiary/aromatic N) is 3. The van der Waals surface area contributed by atoms with Crippen LogP contribution in [-0.4, -0.2) is 40.7 Å². The topological polar surface area (TPSA) is 96.6 Å². The molecule has 0 saturated carbocycles. The summed E-state index contributed by atoms with van der Waals surface area (Å²) < 4.78 is 0. The summed E-state index contributed by atoms with van der Waals surface area (Å²) >= 11 is 1.38. The van der Waals surface area contributed by atoms with Gasteiger partial charge in [-0.05, 0) is 54.3 Å². The predicted octanol–water partition coefficient (Wildman–Crippen LogP) is 3.81. The summed E-state index contributed by atoms with van der Waals surface area (Å²) in [5, 5.41) is 0.795. The molecule has 0 bridgehead atoms. The van der Waals surface area contributed by atoms with Crippen LogP contribution in [0.2, 0.25) is 0 Å². The Labute approximate surface area is 190 Å². The zero-order valence-corrected chi connectivity index (χ0v) is 18.6. The molecule has 0 aliphatic carbocycles. The number of pyridine rings is 1. The van der Waals surface area contributed by atoms with E-state index in [1.807, 2.05) is 37.3 Å². The van der Waals surface area contributed by atoms with Crippen LogP contribution in [0.25, 0.3) is 0 Å². The fraction of sp³-hybridized carbons (Fsp3) is 0.250. The second kappa shape index (κ2) is 9.32. The summed E-state index contributed by atoms with van der Waals surface area (Å²) in [7, 11) is 0. The molecule has 0 unspecified atom stereocenters. The van der Waals surface area contributed by atoms with Crippen LogP contribution in [0.4, 0.5) is 9.80 Å². The van der Waals surface area contributed by atoms with Crippen molar-refractivity contribution in [3.63, 3.8) is 0 Å². The molecule has 1 fully saturated rings. The first-order chi connectivity index (χ1) is 15.4. The maximum atomic E-state index is 13.0. The first-order valence-electron chi connectivity index (χ1n) is 10.4. The fourth-order valence-electron chi connectivity index (χ4n) is 3.72. The number of aromatic nitrogens is 1. The van der Waals surface area contributed by atoms with E-state index in [0.717, 1.165) is 21.7 Å². The van der Waals surface area contributed by atoms with Gasteiger partial charge in [0.05, 0.1) is 9.88 Å². The van der Waals surface area contributed by atoms with E-state index in [-0.39, 0.29) is 11.8 Å². The Morgan fingerprint density at radius 1 is 1.12 bits per heavy atom. The zero-order valence-electron chi connectivity index (χ0n) is 17.8. The summed E-state index contributed by atoms with van der Waals surface area (Å²) in [6.45, 7) is 3.53. The predicted molar refractivity (Wildman–Crippen MR) is 124 cm³/mol. The number of anilines is 1. The van der Waals surface area contributed by atoms with E-state index in [2.05, 4.69) is 4.98 Å². The minimum Gasteiger partial charge on any atom is -0.366 e. The highest BCUT2D eigenvalue weighted by molar-refractivity contribution is 7.18. The summed E-state index contributed by atoms with van der Waals surface area (Å²) in [4.78, 5) is 45.3. The quantitative estimate of drug-likeness (QED) is 0.530. The summed E-state index contributed by atoms with van der Waals surface area (Å²) in [6.07, 6.45) is 4.55. The normalized spacial score (nSPS) is 13.6. The van der Waals surface area contributed by atoms with Crippen molar-refractivity contribution in [2.45, 2.75) is 26.3 Å². The minimum atomic E-state index is -0.473. The van der Waals surface area contributed by atoms with E-state index in [4.69, 9.17) is 5.73 Å². The van der Waals surface area contributed by atoms with Crippen LogP contribution in [0, 0.1) is 6.92 Å². The van der Waals surface area contributed by atoms with Crippen molar-refractivity contribution in [1.82, 2.24) is 9.88 Å². The molecule has 1 aromatic carbocycles. The van der Waals surface area contributed by atoms with Gasteiger partial charge < -0.3 is 10.6 Å². The average molecular weight is 449 g/mol. The Balaban J connectivity index is 1.40. The van der Waals surface area contributed by atoms with Gasteiger partial charge in [-0.25, -0.2) is 4.79 Å². The van der Waals surface area contributed by atoms with Crippen LogP contribution < -0.4 is 10.6 Å². The molecule has 3 aromatic rings. The lowest BCUT2D eigenvalue weighted by Crippen LogP contribution is -2.31. The number of Topliss-reactive ketones (excluding diaryl/α,β-unsaturated/α-hetero) is 1. The Bertz CT molecular complexity index is 1140. The Kier molecular flexibility index (Phi) is 6.32. The number of nitrogens with two attached hydrogens (primary N) is 1. The van der Waals surface area contributed by atoms with Crippen molar-refractivity contribution in [1.29, 1.82) is 0 Å². The number of hydrogen-bond donors (Lipinski definition) is 1. The van der Waals surface area contributed by atoms with Crippen LogP contribution in [0.15, 0.2) is 54.9 Å². The van der Waals surface area contributed by atoms with E-state index in [0.29, 0.717) is 42.9 Å². The Morgan fingerprint density at radius 3 is 2.59 bits per heavy atom. The number of hydrogen-bond acceptors (Lipinski definition) is 5. The molecule has 3 heterocycles. The number of primary amides is 1. The average Bonchev–Trinajstić information content (AvgIpc) is 3.35. The monoisotopic (exact) mass is 448 g/mol. The van der Waals surface area contributed by atoms with Crippen LogP contribution in [-0.2, 0) is 13.0 Å². The number of thiophene rings is 1. The van der Waals surface area contributed by atoms with Gasteiger partial charge in [-0.3, -0.25) is 19.5 Å². The lowest BCUT2D eigenvalue weighted by molar-refractivity contribution is 0.0982. The van der Waals surface area contributed by atoms with E-state index in [1.54, 1.807) is 34.3 Å². The number of aryl methyl sites for hydroxylation is 2. The number of urea groups is 1. The van der Waals surface area contributed by atoms with Crippen molar-refractivity contribution in [2.75, 3.05) is 18.0 Å². The van der Waals surface area contributed by atoms with Crippen molar-refractivity contribution in [3.05, 3.63) is 82.0 Å². The molecule has 0 spiro atoms. The first kappa shape index (κ1) is 21.7. The third-order valence-corrected chi connectivity index (χ3v) is 6.80. The lowest BCUT2D eigenvalue weighted by atomic mass is 10.1. The van der Waals surface area contributed by atoms with Gasteiger partial charge in [0.1, 0.15) is 0 Å². The van der Waals surface area contributed by atoms with Gasteiger partial charge in [0.2, 0.25) is 5.91 Å². The SMILES string of the molecule is Cc1cc(N2CCN(Cc3ccc(C(N)=O)cc3)C2=O)sc1C(=O)CCc1cccnc1. The van der Waals surface area contributed by atoms with E-state index in [9.17, 15) is 14.4 Å². The number of amides is 3. The van der Waals surface area contributed by atoms with E-state index < -0.39 is 5.91 Å². The molecule has 1 aliphatic heterocycles. The highest BCUT2D eigenvalue weighted by Crippen LogP contribution is 2.33. The molecule has 1 aliphatic rings. The molecule has 164 valence electrons. The van der Waals surface area contributed by atoms with Crippen LogP contribution in [0.1, 0.15) is 43.1 Å². The Morgan fingerprint density at radius 2 is 1.91 bits per heavy atom. The molecule has 1 saturated heterocycles. The maximum Gasteiger partial charge on any atom is 0.325 e. The van der Waals surface area contributed by atoms with Gasteiger partial charge in [-0.15, -0.1) is 11.3 Å². The molecule has 32 heavy (non-hydrogen) atoms. The molecule has 0 atom stereocenters. The molecule has 3 amide bonds. The molecular formula is C24H24N4O3S. The van der Waals surface area contributed by atoms with Gasteiger partial charge >= 0.3 is 6.03 Å².